The number of hydrogen-bond donors (Lipinski definition) is 3. The smallest absolute Gasteiger partial charge is 0.276 e. The van der Waals surface area contributed by atoms with Gasteiger partial charge in [-0.15, -0.1) is 0 Å². The summed E-state index contributed by atoms with van der Waals surface area (Å²) in [6.45, 7) is 3.76. The molecule has 2 aromatic rings. The number of aromatic nitrogens is 2. The molecule has 1 aromatic heterocycles. The van der Waals surface area contributed by atoms with E-state index in [-0.39, 0.29) is 11.9 Å². The van der Waals surface area contributed by atoms with Gasteiger partial charge < -0.3 is 21.3 Å². The Kier molecular flexibility index (Phi) is 5.29. The Bertz CT molecular complexity index is 865. The van der Waals surface area contributed by atoms with Crippen molar-refractivity contribution in [2.75, 3.05) is 36.4 Å². The minimum absolute atomic E-state index is 0.272. The van der Waals surface area contributed by atoms with Crippen LogP contribution in [-0.2, 0) is 0 Å². The minimum Gasteiger partial charge on any atom is -0.370 e. The van der Waals surface area contributed by atoms with Crippen molar-refractivity contribution in [2.24, 2.45) is 5.73 Å². The van der Waals surface area contributed by atoms with Crippen LogP contribution in [0.1, 0.15) is 52.6 Å². The molecule has 8 heteroatoms. The summed E-state index contributed by atoms with van der Waals surface area (Å²) in [6, 6.07) is 7.21. The van der Waals surface area contributed by atoms with Crippen molar-refractivity contribution >= 4 is 23.2 Å². The van der Waals surface area contributed by atoms with Crippen molar-refractivity contribution < 1.29 is 9.59 Å². The number of nitrogens with two attached hydrogens (primary N) is 1. The second-order valence-corrected chi connectivity index (χ2v) is 7.43. The maximum absolute atomic E-state index is 12.8. The largest absolute Gasteiger partial charge is 0.370 e. The van der Waals surface area contributed by atoms with Crippen molar-refractivity contribution in [1.82, 2.24) is 15.1 Å². The zero-order valence-corrected chi connectivity index (χ0v) is 15.9. The molecule has 2 fully saturated rings. The molecule has 148 valence electrons. The summed E-state index contributed by atoms with van der Waals surface area (Å²) in [5.41, 5.74) is 7.67. The Balaban J connectivity index is 1.55. The SMILES string of the molecule is NC(=O)c1ccc(N2CCCC2)c(NC(=O)c2ccn(C3CCCNC3)n2)c1. The topological polar surface area (TPSA) is 105 Å². The van der Waals surface area contributed by atoms with E-state index >= 15 is 0 Å². The monoisotopic (exact) mass is 382 g/mol. The number of carbonyl (C=O) groups excluding carboxylic acids is 2. The lowest BCUT2D eigenvalue weighted by Crippen LogP contribution is -2.32. The van der Waals surface area contributed by atoms with Crippen LogP contribution >= 0.6 is 0 Å². The quantitative estimate of drug-likeness (QED) is 0.731. The third-order valence-electron chi connectivity index (χ3n) is 5.46. The fourth-order valence-corrected chi connectivity index (χ4v) is 3.93. The lowest BCUT2D eigenvalue weighted by molar-refractivity contribution is 0.0995. The maximum atomic E-state index is 12.8. The first-order valence-corrected chi connectivity index (χ1v) is 9.88. The average molecular weight is 382 g/mol. The molecule has 4 N–H and O–H groups in total. The molecular formula is C20H26N6O2. The normalized spacial score (nSPS) is 19.6. The van der Waals surface area contributed by atoms with Gasteiger partial charge in [0.05, 0.1) is 17.4 Å². The van der Waals surface area contributed by atoms with E-state index in [1.54, 1.807) is 18.2 Å². The lowest BCUT2D eigenvalue weighted by atomic mass is 10.1. The van der Waals surface area contributed by atoms with Crippen LogP contribution in [0.5, 0.6) is 0 Å². The van der Waals surface area contributed by atoms with E-state index in [4.69, 9.17) is 5.73 Å². The van der Waals surface area contributed by atoms with E-state index in [9.17, 15) is 9.59 Å². The van der Waals surface area contributed by atoms with Crippen LogP contribution in [-0.4, -0.2) is 47.8 Å². The lowest BCUT2D eigenvalue weighted by Gasteiger charge is -2.23. The number of rotatable bonds is 5. The molecule has 1 aromatic carbocycles. The number of carbonyl (C=O) groups is 2. The fourth-order valence-electron chi connectivity index (χ4n) is 3.93. The van der Waals surface area contributed by atoms with Gasteiger partial charge in [-0.3, -0.25) is 14.3 Å². The predicted octanol–water partition coefficient (Wildman–Crippen LogP) is 1.76. The van der Waals surface area contributed by atoms with E-state index < -0.39 is 5.91 Å². The molecule has 2 saturated heterocycles. The molecule has 2 amide bonds. The summed E-state index contributed by atoms with van der Waals surface area (Å²) in [5.74, 6) is -0.804. The van der Waals surface area contributed by atoms with Crippen molar-refractivity contribution in [3.05, 3.63) is 41.7 Å². The highest BCUT2D eigenvalue weighted by atomic mass is 16.2. The number of anilines is 2. The summed E-state index contributed by atoms with van der Waals surface area (Å²) in [4.78, 5) is 26.6. The van der Waals surface area contributed by atoms with Gasteiger partial charge in [0, 0.05) is 31.4 Å². The molecule has 0 radical (unpaired) electrons. The molecule has 0 bridgehead atoms. The molecule has 0 aliphatic carbocycles. The molecule has 2 aliphatic rings. The van der Waals surface area contributed by atoms with E-state index in [2.05, 4.69) is 20.6 Å². The molecule has 3 heterocycles. The molecular weight excluding hydrogens is 356 g/mol. The fraction of sp³-hybridized carbons (Fsp3) is 0.450. The Morgan fingerprint density at radius 2 is 2.00 bits per heavy atom. The second kappa shape index (κ2) is 8.02. The van der Waals surface area contributed by atoms with Crippen LogP contribution in [0.4, 0.5) is 11.4 Å². The Morgan fingerprint density at radius 1 is 1.18 bits per heavy atom. The Morgan fingerprint density at radius 3 is 2.71 bits per heavy atom. The number of nitrogens with one attached hydrogen (secondary N) is 2. The van der Waals surface area contributed by atoms with Crippen molar-refractivity contribution in [2.45, 2.75) is 31.7 Å². The van der Waals surface area contributed by atoms with Crippen LogP contribution in [0.25, 0.3) is 0 Å². The second-order valence-electron chi connectivity index (χ2n) is 7.43. The highest BCUT2D eigenvalue weighted by molar-refractivity contribution is 6.06. The van der Waals surface area contributed by atoms with Crippen molar-refractivity contribution in [3.63, 3.8) is 0 Å². The van der Waals surface area contributed by atoms with Crippen LogP contribution < -0.4 is 21.3 Å². The number of nitrogens with zero attached hydrogens (tertiary/aromatic N) is 3. The van der Waals surface area contributed by atoms with Crippen LogP contribution in [0.3, 0.4) is 0 Å². The number of benzene rings is 1. The molecule has 2 aliphatic heterocycles. The highest BCUT2D eigenvalue weighted by Gasteiger charge is 2.21. The van der Waals surface area contributed by atoms with Gasteiger partial charge in [-0.25, -0.2) is 0 Å². The summed E-state index contributed by atoms with van der Waals surface area (Å²) < 4.78 is 1.86. The van der Waals surface area contributed by atoms with Gasteiger partial charge >= 0.3 is 0 Å². The van der Waals surface area contributed by atoms with Gasteiger partial charge in [0.1, 0.15) is 0 Å². The number of hydrogen-bond acceptors (Lipinski definition) is 5. The van der Waals surface area contributed by atoms with E-state index in [1.165, 1.54) is 0 Å². The van der Waals surface area contributed by atoms with E-state index in [0.29, 0.717) is 16.9 Å². The molecule has 1 unspecified atom stereocenters. The molecule has 0 spiro atoms. The van der Waals surface area contributed by atoms with Crippen LogP contribution in [0, 0.1) is 0 Å². The predicted molar refractivity (Wildman–Crippen MR) is 108 cm³/mol. The number of piperidine rings is 1. The minimum atomic E-state index is -0.516. The molecule has 0 saturated carbocycles. The molecule has 8 nitrogen and oxygen atoms in total. The number of primary amides is 1. The van der Waals surface area contributed by atoms with Gasteiger partial charge in [0.25, 0.3) is 5.91 Å². The summed E-state index contributed by atoms with van der Waals surface area (Å²) in [5, 5.41) is 10.8. The van der Waals surface area contributed by atoms with Crippen molar-refractivity contribution in [3.8, 4) is 0 Å². The van der Waals surface area contributed by atoms with Crippen LogP contribution in [0.15, 0.2) is 30.5 Å². The first-order valence-electron chi connectivity index (χ1n) is 9.88. The van der Waals surface area contributed by atoms with E-state index in [1.807, 2.05) is 16.9 Å². The highest BCUT2D eigenvalue weighted by Crippen LogP contribution is 2.30. The van der Waals surface area contributed by atoms with Gasteiger partial charge in [0.2, 0.25) is 5.91 Å². The molecule has 28 heavy (non-hydrogen) atoms. The first kappa shape index (κ1) is 18.5. The Labute approximate surface area is 164 Å². The summed E-state index contributed by atoms with van der Waals surface area (Å²) >= 11 is 0. The van der Waals surface area contributed by atoms with E-state index in [0.717, 1.165) is 57.5 Å². The van der Waals surface area contributed by atoms with Crippen molar-refractivity contribution in [1.29, 1.82) is 0 Å². The zero-order chi connectivity index (χ0) is 19.5. The molecule has 1 atom stereocenters. The standard InChI is InChI=1S/C20H26N6O2/c21-19(27)14-5-6-18(25-9-1-2-10-25)17(12-14)23-20(28)16-7-11-26(24-16)15-4-3-8-22-13-15/h5-7,11-12,15,22H,1-4,8-10,13H2,(H2,21,27)(H,23,28). The Hall–Kier alpha value is -2.87. The van der Waals surface area contributed by atoms with Gasteiger partial charge in [0.15, 0.2) is 5.69 Å². The third kappa shape index (κ3) is 3.87. The maximum Gasteiger partial charge on any atom is 0.276 e. The van der Waals surface area contributed by atoms with Crippen LogP contribution in [0.2, 0.25) is 0 Å². The molecule has 4 rings (SSSR count). The summed E-state index contributed by atoms with van der Waals surface area (Å²) in [7, 11) is 0. The zero-order valence-electron chi connectivity index (χ0n) is 15.9. The van der Waals surface area contributed by atoms with Gasteiger partial charge in [-0.05, 0) is 56.5 Å². The number of amides is 2. The van der Waals surface area contributed by atoms with Gasteiger partial charge in [-0.2, -0.15) is 5.10 Å². The third-order valence-corrected chi connectivity index (χ3v) is 5.46. The van der Waals surface area contributed by atoms with Gasteiger partial charge in [-0.1, -0.05) is 0 Å². The summed E-state index contributed by atoms with van der Waals surface area (Å²) in [6.07, 6.45) is 6.24. The average Bonchev–Trinajstić information content (AvgIpc) is 3.41. The first-order chi connectivity index (χ1) is 13.6.